The van der Waals surface area contributed by atoms with Crippen molar-refractivity contribution in [1.29, 1.82) is 0 Å². The maximum absolute atomic E-state index is 14.1. The molecule has 0 unspecified atom stereocenters. The fourth-order valence-electron chi connectivity index (χ4n) is 3.81. The van der Waals surface area contributed by atoms with Crippen LogP contribution in [0.2, 0.25) is 5.02 Å². The number of aromatic nitrogens is 3. The van der Waals surface area contributed by atoms with Gasteiger partial charge < -0.3 is 20.5 Å². The molecule has 0 amide bonds. The summed E-state index contributed by atoms with van der Waals surface area (Å²) in [5.74, 6) is 1.26. The highest BCUT2D eigenvalue weighted by atomic mass is 35.5. The van der Waals surface area contributed by atoms with Gasteiger partial charge in [0.25, 0.3) is 0 Å². The van der Waals surface area contributed by atoms with Crippen molar-refractivity contribution in [1.82, 2.24) is 25.8 Å². The van der Waals surface area contributed by atoms with Crippen LogP contribution in [0.4, 0.5) is 15.9 Å². The molecule has 0 radical (unpaired) electrons. The van der Waals surface area contributed by atoms with Gasteiger partial charge in [0.05, 0.1) is 22.0 Å². The van der Waals surface area contributed by atoms with Gasteiger partial charge in [-0.2, -0.15) is 0 Å². The zero-order valence-electron chi connectivity index (χ0n) is 20.2. The molecule has 3 N–H and O–H groups in total. The second kappa shape index (κ2) is 10.9. The van der Waals surface area contributed by atoms with E-state index in [1.165, 1.54) is 12.1 Å². The Hall–Kier alpha value is -3.33. The minimum Gasteiger partial charge on any atom is -0.361 e. The lowest BCUT2D eigenvalue weighted by molar-refractivity contribution is 0.393. The number of hydrogen-bond acceptors (Lipinski definition) is 7. The highest BCUT2D eigenvalue weighted by Crippen LogP contribution is 2.34. The van der Waals surface area contributed by atoms with E-state index in [4.69, 9.17) is 26.1 Å². The lowest BCUT2D eigenvalue weighted by Crippen LogP contribution is -2.24. The summed E-state index contributed by atoms with van der Waals surface area (Å²) in [5.41, 5.74) is 5.59. The number of nitrogens with zero attached hydrogens (tertiary/aromatic N) is 3. The molecule has 0 bridgehead atoms. The number of rotatable bonds is 9. The molecule has 2 aromatic heterocycles. The van der Waals surface area contributed by atoms with Crippen LogP contribution in [0.15, 0.2) is 47.0 Å². The van der Waals surface area contributed by atoms with Gasteiger partial charge in [0.15, 0.2) is 5.82 Å². The van der Waals surface area contributed by atoms with Gasteiger partial charge in [0, 0.05) is 36.4 Å². The maximum atomic E-state index is 14.1. The Kier molecular flexibility index (Phi) is 7.75. The van der Waals surface area contributed by atoms with E-state index in [0.29, 0.717) is 28.8 Å². The smallest absolute Gasteiger partial charge is 0.162 e. The average Bonchev–Trinajstić information content (AvgIpc) is 3.18. The van der Waals surface area contributed by atoms with Crippen LogP contribution in [0.5, 0.6) is 0 Å². The molecule has 0 aliphatic rings. The number of halogens is 2. The minimum absolute atomic E-state index is 0.0622. The SMILES string of the molecule is CNCCNCc1cccc(-c2nc(Nc3ccc(Cl)c(F)c3)c(C)c(-c3c(C)noc3C)n2)c1. The summed E-state index contributed by atoms with van der Waals surface area (Å²) in [7, 11) is 1.93. The molecule has 2 aromatic carbocycles. The second-order valence-corrected chi connectivity index (χ2v) is 8.71. The summed E-state index contributed by atoms with van der Waals surface area (Å²) >= 11 is 5.86. The van der Waals surface area contributed by atoms with Gasteiger partial charge >= 0.3 is 0 Å². The molecule has 0 saturated heterocycles. The Morgan fingerprint density at radius 2 is 1.86 bits per heavy atom. The number of hydrogen-bond donors (Lipinski definition) is 3. The number of likely N-dealkylation sites (N-methyl/N-ethyl adjacent to an activating group) is 1. The first-order valence-electron chi connectivity index (χ1n) is 11.4. The Morgan fingerprint density at radius 1 is 1.03 bits per heavy atom. The quantitative estimate of drug-likeness (QED) is 0.262. The number of anilines is 2. The molecule has 0 atom stereocenters. The van der Waals surface area contributed by atoms with E-state index in [0.717, 1.165) is 47.6 Å². The Labute approximate surface area is 209 Å². The van der Waals surface area contributed by atoms with Gasteiger partial charge in [-0.1, -0.05) is 35.0 Å². The molecule has 4 aromatic rings. The molecular weight excluding hydrogens is 467 g/mol. The molecule has 0 aliphatic heterocycles. The number of benzene rings is 2. The normalized spacial score (nSPS) is 11.1. The Balaban J connectivity index is 1.78. The van der Waals surface area contributed by atoms with Gasteiger partial charge in [0.2, 0.25) is 0 Å². The molecule has 9 heteroatoms. The zero-order chi connectivity index (χ0) is 24.9. The predicted octanol–water partition coefficient (Wildman–Crippen LogP) is 5.57. The highest BCUT2D eigenvalue weighted by molar-refractivity contribution is 6.30. The van der Waals surface area contributed by atoms with E-state index in [9.17, 15) is 4.39 Å². The molecule has 0 fully saturated rings. The van der Waals surface area contributed by atoms with Crippen LogP contribution in [-0.4, -0.2) is 35.3 Å². The Morgan fingerprint density at radius 3 is 2.57 bits per heavy atom. The van der Waals surface area contributed by atoms with Crippen LogP contribution in [0.25, 0.3) is 22.6 Å². The molecule has 182 valence electrons. The van der Waals surface area contributed by atoms with E-state index in [-0.39, 0.29) is 5.02 Å². The lowest BCUT2D eigenvalue weighted by Gasteiger charge is -2.15. The van der Waals surface area contributed by atoms with Crippen molar-refractivity contribution in [3.63, 3.8) is 0 Å². The molecule has 0 aliphatic carbocycles. The summed E-state index contributed by atoms with van der Waals surface area (Å²) in [5, 5.41) is 13.9. The number of aryl methyl sites for hydroxylation is 2. The minimum atomic E-state index is -0.506. The second-order valence-electron chi connectivity index (χ2n) is 8.30. The molecule has 2 heterocycles. The maximum Gasteiger partial charge on any atom is 0.162 e. The van der Waals surface area contributed by atoms with Crippen LogP contribution in [0.3, 0.4) is 0 Å². The van der Waals surface area contributed by atoms with Crippen molar-refractivity contribution in [3.05, 3.63) is 75.9 Å². The van der Waals surface area contributed by atoms with Crippen LogP contribution in [-0.2, 0) is 6.54 Å². The molecule has 0 spiro atoms. The first-order chi connectivity index (χ1) is 16.9. The largest absolute Gasteiger partial charge is 0.361 e. The van der Waals surface area contributed by atoms with Crippen molar-refractivity contribution >= 4 is 23.1 Å². The first kappa shape index (κ1) is 24.8. The van der Waals surface area contributed by atoms with Crippen molar-refractivity contribution in [2.75, 3.05) is 25.5 Å². The van der Waals surface area contributed by atoms with E-state index in [1.54, 1.807) is 6.07 Å². The Bertz CT molecular complexity index is 1320. The van der Waals surface area contributed by atoms with Gasteiger partial charge in [-0.15, -0.1) is 0 Å². The van der Waals surface area contributed by atoms with Crippen LogP contribution in [0, 0.1) is 26.6 Å². The van der Waals surface area contributed by atoms with Gasteiger partial charge in [0.1, 0.15) is 17.4 Å². The summed E-state index contributed by atoms with van der Waals surface area (Å²) in [6, 6.07) is 12.7. The zero-order valence-corrected chi connectivity index (χ0v) is 20.9. The van der Waals surface area contributed by atoms with E-state index >= 15 is 0 Å². The highest BCUT2D eigenvalue weighted by Gasteiger charge is 2.20. The van der Waals surface area contributed by atoms with Gasteiger partial charge in [-0.3, -0.25) is 0 Å². The van der Waals surface area contributed by atoms with Crippen molar-refractivity contribution in [3.8, 4) is 22.6 Å². The average molecular weight is 495 g/mol. The topological polar surface area (TPSA) is 87.9 Å². The van der Waals surface area contributed by atoms with Crippen molar-refractivity contribution < 1.29 is 8.91 Å². The summed E-state index contributed by atoms with van der Waals surface area (Å²) in [6.45, 7) is 8.14. The van der Waals surface area contributed by atoms with E-state index in [2.05, 4.69) is 33.2 Å². The number of nitrogens with one attached hydrogen (secondary N) is 3. The predicted molar refractivity (Wildman–Crippen MR) is 138 cm³/mol. The fraction of sp³-hybridized carbons (Fsp3) is 0.269. The standard InChI is InChI=1S/C26H28ClFN6O/c1-15-24(23-16(2)34-35-17(23)3)32-26(19-7-5-6-18(12-19)14-30-11-10-29-4)33-25(15)31-20-8-9-21(27)22(28)13-20/h5-9,12-13,29-30H,10-11,14H2,1-4H3,(H,31,32,33). The van der Waals surface area contributed by atoms with Crippen LogP contribution >= 0.6 is 11.6 Å². The third-order valence-corrected chi connectivity index (χ3v) is 5.97. The van der Waals surface area contributed by atoms with E-state index in [1.807, 2.05) is 40.0 Å². The van der Waals surface area contributed by atoms with Crippen molar-refractivity contribution in [2.45, 2.75) is 27.3 Å². The molecular formula is C26H28ClFN6O. The summed E-state index contributed by atoms with van der Waals surface area (Å²) in [6.07, 6.45) is 0. The molecule has 7 nitrogen and oxygen atoms in total. The van der Waals surface area contributed by atoms with Gasteiger partial charge in [-0.05, 0) is 57.6 Å². The van der Waals surface area contributed by atoms with Gasteiger partial charge in [-0.25, -0.2) is 14.4 Å². The van der Waals surface area contributed by atoms with Crippen molar-refractivity contribution in [2.24, 2.45) is 0 Å². The summed E-state index contributed by atoms with van der Waals surface area (Å²) < 4.78 is 19.5. The fourth-order valence-corrected chi connectivity index (χ4v) is 3.93. The first-order valence-corrected chi connectivity index (χ1v) is 11.7. The molecule has 0 saturated carbocycles. The molecule has 35 heavy (non-hydrogen) atoms. The third kappa shape index (κ3) is 5.67. The molecule has 4 rings (SSSR count). The monoisotopic (exact) mass is 494 g/mol. The van der Waals surface area contributed by atoms with Crippen LogP contribution in [0.1, 0.15) is 22.6 Å². The lowest BCUT2D eigenvalue weighted by atomic mass is 10.0. The third-order valence-electron chi connectivity index (χ3n) is 5.66. The summed E-state index contributed by atoms with van der Waals surface area (Å²) in [4.78, 5) is 9.73. The van der Waals surface area contributed by atoms with E-state index < -0.39 is 5.82 Å². The van der Waals surface area contributed by atoms with Crippen LogP contribution < -0.4 is 16.0 Å².